The summed E-state index contributed by atoms with van der Waals surface area (Å²) in [4.78, 5) is 26.8. The number of aromatic nitrogens is 1. The van der Waals surface area contributed by atoms with Gasteiger partial charge in [0.2, 0.25) is 5.88 Å². The van der Waals surface area contributed by atoms with Gasteiger partial charge in [0.25, 0.3) is 5.91 Å². The maximum absolute atomic E-state index is 12.8. The zero-order valence-corrected chi connectivity index (χ0v) is 17.5. The lowest BCUT2D eigenvalue weighted by molar-refractivity contribution is -0.148. The highest BCUT2D eigenvalue weighted by Crippen LogP contribution is 2.35. The minimum Gasteiger partial charge on any atom is -0.470 e. The number of rotatable bonds is 4. The van der Waals surface area contributed by atoms with Crippen LogP contribution in [-0.2, 0) is 15.7 Å². The van der Waals surface area contributed by atoms with Crippen molar-refractivity contribution in [1.82, 2.24) is 9.88 Å². The Morgan fingerprint density at radius 1 is 1.10 bits per heavy atom. The van der Waals surface area contributed by atoms with Crippen LogP contribution in [-0.4, -0.2) is 53.1 Å². The molecule has 0 unspecified atom stereocenters. The van der Waals surface area contributed by atoms with Crippen molar-refractivity contribution < 1.29 is 41.0 Å². The molecule has 2 heterocycles. The third kappa shape index (κ3) is 9.35. The van der Waals surface area contributed by atoms with Crippen LogP contribution in [0.25, 0.3) is 0 Å². The van der Waals surface area contributed by atoms with E-state index in [4.69, 9.17) is 4.74 Å². The van der Waals surface area contributed by atoms with Crippen LogP contribution >= 0.6 is 0 Å². The van der Waals surface area contributed by atoms with E-state index in [0.29, 0.717) is 6.07 Å². The zero-order valence-electron chi connectivity index (χ0n) is 17.5. The number of primary amides is 1. The van der Waals surface area contributed by atoms with Gasteiger partial charge in [0.05, 0.1) is 0 Å². The molecule has 0 saturated carbocycles. The van der Waals surface area contributed by atoms with Gasteiger partial charge in [-0.25, -0.2) is 9.78 Å². The van der Waals surface area contributed by atoms with Crippen molar-refractivity contribution >= 4 is 12.0 Å². The molecule has 0 spiro atoms. The number of alkyl halides is 5. The van der Waals surface area contributed by atoms with Crippen molar-refractivity contribution in [3.8, 4) is 5.88 Å². The number of nitrogens with two attached hydrogens (primary N) is 1. The van der Waals surface area contributed by atoms with Gasteiger partial charge in [-0.2, -0.15) is 22.0 Å². The lowest BCUT2D eigenvalue weighted by Gasteiger charge is -2.29. The van der Waals surface area contributed by atoms with Crippen LogP contribution in [0, 0.1) is 0 Å². The number of ether oxygens (including phenoxy) is 2. The van der Waals surface area contributed by atoms with Gasteiger partial charge in [-0.1, -0.05) is 0 Å². The molecule has 2 amide bonds. The number of nitrogens with zero attached hydrogens (tertiary/aromatic N) is 2. The predicted molar refractivity (Wildman–Crippen MR) is 101 cm³/mol. The Kier molecular flexibility index (Phi) is 9.00. The number of piperidine rings is 1. The van der Waals surface area contributed by atoms with Crippen molar-refractivity contribution in [2.24, 2.45) is 5.73 Å². The highest BCUT2D eigenvalue weighted by Gasteiger charge is 2.40. The van der Waals surface area contributed by atoms with Crippen LogP contribution in [0.15, 0.2) is 18.3 Å². The first-order chi connectivity index (χ1) is 14.1. The van der Waals surface area contributed by atoms with Gasteiger partial charge in [-0.3, -0.25) is 4.79 Å². The van der Waals surface area contributed by atoms with Crippen LogP contribution < -0.4 is 10.5 Å². The van der Waals surface area contributed by atoms with Gasteiger partial charge in [0, 0.05) is 19.3 Å². The number of pyridine rings is 1. The average Bonchev–Trinajstić information content (AvgIpc) is 2.66. The summed E-state index contributed by atoms with van der Waals surface area (Å²) < 4.78 is 72.3. The van der Waals surface area contributed by atoms with Gasteiger partial charge < -0.3 is 20.1 Å². The summed E-state index contributed by atoms with van der Waals surface area (Å²) >= 11 is 0. The zero-order chi connectivity index (χ0) is 23.9. The number of hydrogen-bond acceptors (Lipinski definition) is 5. The minimum atomic E-state index is -4.80. The third-order valence-electron chi connectivity index (χ3n) is 3.83. The summed E-state index contributed by atoms with van der Waals surface area (Å²) in [5.74, 6) is -7.10. The fourth-order valence-electron chi connectivity index (χ4n) is 2.35. The molecule has 12 heteroatoms. The molecule has 2 rings (SSSR count). The second kappa shape index (κ2) is 10.6. The first-order valence-electron chi connectivity index (χ1n) is 9.44. The Hall–Kier alpha value is -2.66. The Morgan fingerprint density at radius 3 is 2.16 bits per heavy atom. The van der Waals surface area contributed by atoms with Gasteiger partial charge in [0.15, 0.2) is 6.61 Å². The quantitative estimate of drug-likeness (QED) is 0.693. The van der Waals surface area contributed by atoms with E-state index in [2.05, 4.69) is 15.5 Å². The molecule has 1 saturated heterocycles. The fourth-order valence-corrected chi connectivity index (χ4v) is 2.35. The second-order valence-electron chi connectivity index (χ2n) is 7.74. The van der Waals surface area contributed by atoms with Crippen LogP contribution in [0.1, 0.15) is 45.6 Å². The van der Waals surface area contributed by atoms with E-state index in [1.807, 2.05) is 20.8 Å². The lowest BCUT2D eigenvalue weighted by Crippen LogP contribution is -2.40. The summed E-state index contributed by atoms with van der Waals surface area (Å²) in [7, 11) is 0. The van der Waals surface area contributed by atoms with Crippen molar-refractivity contribution in [1.29, 1.82) is 0 Å². The molecule has 0 aliphatic carbocycles. The van der Waals surface area contributed by atoms with Crippen LogP contribution in [0.3, 0.4) is 0 Å². The number of amides is 2. The van der Waals surface area contributed by atoms with Gasteiger partial charge in [0.1, 0.15) is 11.2 Å². The van der Waals surface area contributed by atoms with E-state index < -0.39 is 36.1 Å². The lowest BCUT2D eigenvalue weighted by atomic mass is 10.1. The molecule has 0 atom stereocenters. The van der Waals surface area contributed by atoms with Crippen molar-refractivity contribution in [3.05, 3.63) is 23.9 Å². The highest BCUT2D eigenvalue weighted by molar-refractivity contribution is 5.81. The summed E-state index contributed by atoms with van der Waals surface area (Å²) in [6.07, 6.45) is -0.566. The molecule has 2 N–H and O–H groups in total. The molecule has 1 aromatic rings. The van der Waals surface area contributed by atoms with Crippen LogP contribution in [0.5, 0.6) is 5.88 Å². The summed E-state index contributed by atoms with van der Waals surface area (Å²) in [6.45, 7) is 5.80. The Morgan fingerprint density at radius 2 is 1.68 bits per heavy atom. The number of likely N-dealkylation sites (tertiary alicyclic amines) is 1. The molecule has 0 bridgehead atoms. The van der Waals surface area contributed by atoms with Crippen LogP contribution in [0.4, 0.5) is 26.7 Å². The number of carbonyl (C=O) groups excluding carboxylic acids is 2. The molecule has 176 valence electrons. The number of hydrogen-bond donors (Lipinski definition) is 1. The van der Waals surface area contributed by atoms with E-state index >= 15 is 0 Å². The van der Waals surface area contributed by atoms with Gasteiger partial charge in [-0.05, 0) is 52.2 Å². The molecular weight excluding hydrogens is 429 g/mol. The van der Waals surface area contributed by atoms with Gasteiger partial charge in [-0.15, -0.1) is 0 Å². The van der Waals surface area contributed by atoms with E-state index in [1.54, 1.807) is 4.90 Å². The standard InChI is InChI=1S/C10H19NO2.C9H7F5N2O2/c1-10(2,3)13-9(12)11-7-5-4-6-8-11;10-8(11,7(15)17)4-18-6-5(9(12,13)14)2-1-3-16-6/h4-8H2,1-3H3;1-3H,4H2,(H2,15,17). The summed E-state index contributed by atoms with van der Waals surface area (Å²) in [6, 6.07) is 1.59. The second-order valence-corrected chi connectivity index (χ2v) is 7.74. The Bertz CT molecular complexity index is 745. The Labute approximate surface area is 176 Å². The molecule has 1 fully saturated rings. The van der Waals surface area contributed by atoms with E-state index in [-0.39, 0.29) is 11.7 Å². The Balaban J connectivity index is 0.000000327. The molecule has 0 radical (unpaired) electrons. The smallest absolute Gasteiger partial charge is 0.421 e. The maximum Gasteiger partial charge on any atom is 0.421 e. The molecule has 31 heavy (non-hydrogen) atoms. The molecule has 1 aromatic heterocycles. The normalized spacial score (nSPS) is 14.9. The topological polar surface area (TPSA) is 94.8 Å². The van der Waals surface area contributed by atoms with E-state index in [0.717, 1.165) is 38.2 Å². The molecule has 1 aliphatic heterocycles. The fraction of sp³-hybridized carbons (Fsp3) is 0.632. The summed E-state index contributed by atoms with van der Waals surface area (Å²) in [5.41, 5.74) is 2.67. The van der Waals surface area contributed by atoms with E-state index in [9.17, 15) is 31.5 Å². The average molecular weight is 455 g/mol. The maximum atomic E-state index is 12.8. The van der Waals surface area contributed by atoms with Crippen molar-refractivity contribution in [3.63, 3.8) is 0 Å². The van der Waals surface area contributed by atoms with Gasteiger partial charge >= 0.3 is 18.2 Å². The van der Waals surface area contributed by atoms with Crippen molar-refractivity contribution in [2.75, 3.05) is 19.7 Å². The number of halogens is 5. The predicted octanol–water partition coefficient (Wildman–Crippen LogP) is 4.01. The first kappa shape index (κ1) is 26.4. The largest absolute Gasteiger partial charge is 0.470 e. The van der Waals surface area contributed by atoms with Crippen molar-refractivity contribution in [2.45, 2.75) is 57.7 Å². The minimum absolute atomic E-state index is 0.160. The molecular formula is C19H26F5N3O4. The molecule has 1 aliphatic rings. The molecule has 7 nitrogen and oxygen atoms in total. The highest BCUT2D eigenvalue weighted by atomic mass is 19.4. The SMILES string of the molecule is CC(C)(C)OC(=O)N1CCCCC1.NC(=O)C(F)(F)COc1ncccc1C(F)(F)F. The first-order valence-corrected chi connectivity index (χ1v) is 9.44. The van der Waals surface area contributed by atoms with Crippen LogP contribution in [0.2, 0.25) is 0 Å². The van der Waals surface area contributed by atoms with E-state index in [1.165, 1.54) is 6.42 Å². The third-order valence-corrected chi connectivity index (χ3v) is 3.83. The monoisotopic (exact) mass is 455 g/mol. The summed E-state index contributed by atoms with van der Waals surface area (Å²) in [5, 5.41) is 0. The molecule has 0 aromatic carbocycles. The number of carbonyl (C=O) groups is 2.